The number of nitrogens with one attached hydrogen (secondary N) is 1. The molecule has 1 saturated carbocycles. The van der Waals surface area contributed by atoms with E-state index in [1.807, 2.05) is 0 Å². The lowest BCUT2D eigenvalue weighted by Gasteiger charge is -2.05. The van der Waals surface area contributed by atoms with Crippen LogP contribution in [-0.2, 0) is 6.54 Å². The Kier molecular flexibility index (Phi) is 5.30. The monoisotopic (exact) mass is 460 g/mol. The van der Waals surface area contributed by atoms with E-state index < -0.39 is 18.6 Å². The molecule has 1 aliphatic rings. The number of carbonyl (C=O) groups is 1. The van der Waals surface area contributed by atoms with Crippen molar-refractivity contribution >= 4 is 46.1 Å². The molecule has 0 radical (unpaired) electrons. The average Bonchev–Trinajstić information content (AvgIpc) is 3.22. The summed E-state index contributed by atoms with van der Waals surface area (Å²) in [6, 6.07) is 5.04. The number of carbonyl (C=O) groups excluding carboxylic acids is 1. The summed E-state index contributed by atoms with van der Waals surface area (Å²) in [5, 5.41) is 9.47. The number of hydrogen-bond donors (Lipinski definition) is 1. The van der Waals surface area contributed by atoms with Crippen LogP contribution in [0.3, 0.4) is 0 Å². The molecule has 0 bridgehead atoms. The SMILES string of the molecule is O=C(Nc1cn(CC(F)(F)F)nc1C1CC1)c1csc(-c2c(Cl)cccc2Cl)n1. The molecular weight excluding hydrogens is 448 g/mol. The lowest BCUT2D eigenvalue weighted by Crippen LogP contribution is -2.18. The first-order chi connectivity index (χ1) is 13.7. The van der Waals surface area contributed by atoms with Crippen molar-refractivity contribution in [2.45, 2.75) is 31.5 Å². The van der Waals surface area contributed by atoms with Gasteiger partial charge in [0.25, 0.3) is 5.91 Å². The van der Waals surface area contributed by atoms with Gasteiger partial charge in [-0.1, -0.05) is 29.3 Å². The van der Waals surface area contributed by atoms with Crippen molar-refractivity contribution < 1.29 is 18.0 Å². The third-order valence-electron chi connectivity index (χ3n) is 4.26. The molecule has 0 spiro atoms. The smallest absolute Gasteiger partial charge is 0.318 e. The number of nitrogens with zero attached hydrogens (tertiary/aromatic N) is 3. The molecule has 0 atom stereocenters. The van der Waals surface area contributed by atoms with Crippen molar-refractivity contribution in [3.63, 3.8) is 0 Å². The molecule has 0 aliphatic heterocycles. The molecule has 1 amide bonds. The van der Waals surface area contributed by atoms with Gasteiger partial charge in [-0.15, -0.1) is 11.3 Å². The van der Waals surface area contributed by atoms with Crippen LogP contribution in [0.1, 0.15) is 34.9 Å². The number of halogens is 5. The standard InChI is InChI=1S/C18H13Cl2F3N4OS/c19-10-2-1-3-11(20)14(10)17-25-13(7-29-17)16(28)24-12-6-27(8-18(21,22)23)26-15(12)9-4-5-9/h1-3,6-7,9H,4-5,8H2,(H,24,28). The van der Waals surface area contributed by atoms with Gasteiger partial charge in [-0.2, -0.15) is 18.3 Å². The Morgan fingerprint density at radius 1 is 1.28 bits per heavy atom. The van der Waals surface area contributed by atoms with E-state index in [1.54, 1.807) is 23.6 Å². The number of hydrogen-bond acceptors (Lipinski definition) is 4. The summed E-state index contributed by atoms with van der Waals surface area (Å²) in [4.78, 5) is 16.9. The quantitative estimate of drug-likeness (QED) is 0.507. The van der Waals surface area contributed by atoms with Crippen LogP contribution in [0.5, 0.6) is 0 Å². The molecule has 4 rings (SSSR count). The van der Waals surface area contributed by atoms with Crippen molar-refractivity contribution in [3.8, 4) is 10.6 Å². The van der Waals surface area contributed by atoms with Crippen LogP contribution in [0.25, 0.3) is 10.6 Å². The van der Waals surface area contributed by atoms with Crippen LogP contribution in [0.4, 0.5) is 18.9 Å². The van der Waals surface area contributed by atoms with E-state index in [9.17, 15) is 18.0 Å². The molecule has 3 aromatic rings. The highest BCUT2D eigenvalue weighted by atomic mass is 35.5. The Morgan fingerprint density at radius 2 is 1.97 bits per heavy atom. The summed E-state index contributed by atoms with van der Waals surface area (Å²) < 4.78 is 38.8. The first kappa shape index (κ1) is 20.2. The van der Waals surface area contributed by atoms with Gasteiger partial charge in [-0.05, 0) is 25.0 Å². The second kappa shape index (κ2) is 7.62. The lowest BCUT2D eigenvalue weighted by molar-refractivity contribution is -0.142. The maximum Gasteiger partial charge on any atom is 0.408 e. The largest absolute Gasteiger partial charge is 0.408 e. The highest BCUT2D eigenvalue weighted by Gasteiger charge is 2.33. The second-order valence-corrected chi connectivity index (χ2v) is 8.28. The summed E-state index contributed by atoms with van der Waals surface area (Å²) in [6.45, 7) is -1.21. The minimum absolute atomic E-state index is 0.0627. The Balaban J connectivity index is 1.57. The maximum absolute atomic E-state index is 12.7. The number of benzene rings is 1. The average molecular weight is 461 g/mol. The number of amides is 1. The minimum atomic E-state index is -4.40. The molecule has 29 heavy (non-hydrogen) atoms. The normalized spacial score (nSPS) is 14.2. The van der Waals surface area contributed by atoms with Crippen molar-refractivity contribution in [2.75, 3.05) is 5.32 Å². The molecule has 1 aromatic carbocycles. The fraction of sp³-hybridized carbons (Fsp3) is 0.278. The number of alkyl halides is 3. The van der Waals surface area contributed by atoms with Gasteiger partial charge in [0, 0.05) is 23.1 Å². The third kappa shape index (κ3) is 4.57. The highest BCUT2D eigenvalue weighted by molar-refractivity contribution is 7.13. The summed E-state index contributed by atoms with van der Waals surface area (Å²) in [5.41, 5.74) is 1.38. The van der Waals surface area contributed by atoms with Crippen LogP contribution in [0, 0.1) is 0 Å². The Bertz CT molecular complexity index is 1060. The van der Waals surface area contributed by atoms with Crippen molar-refractivity contribution in [2.24, 2.45) is 0 Å². The number of thiazole rings is 1. The number of anilines is 1. The van der Waals surface area contributed by atoms with Gasteiger partial charge in [-0.25, -0.2) is 4.98 Å². The molecule has 0 unspecified atom stereocenters. The number of rotatable bonds is 5. The zero-order chi connectivity index (χ0) is 20.8. The van der Waals surface area contributed by atoms with E-state index in [0.29, 0.717) is 26.3 Å². The predicted octanol–water partition coefficient (Wildman–Crippen LogP) is 6.01. The van der Waals surface area contributed by atoms with Crippen LogP contribution >= 0.6 is 34.5 Å². The molecule has 1 N–H and O–H groups in total. The van der Waals surface area contributed by atoms with Crippen molar-refractivity contribution in [3.05, 3.63) is 51.2 Å². The zero-order valence-corrected chi connectivity index (χ0v) is 17.0. The Hall–Kier alpha value is -2.10. The van der Waals surface area contributed by atoms with E-state index in [-0.39, 0.29) is 17.3 Å². The topological polar surface area (TPSA) is 59.8 Å². The second-order valence-electron chi connectivity index (χ2n) is 6.60. The molecule has 0 saturated heterocycles. The summed E-state index contributed by atoms with van der Waals surface area (Å²) in [7, 11) is 0. The number of aromatic nitrogens is 3. The summed E-state index contributed by atoms with van der Waals surface area (Å²) >= 11 is 13.6. The lowest BCUT2D eigenvalue weighted by atomic mass is 10.2. The van der Waals surface area contributed by atoms with Gasteiger partial charge < -0.3 is 5.32 Å². The molecule has 1 fully saturated rings. The van der Waals surface area contributed by atoms with E-state index in [2.05, 4.69) is 15.4 Å². The van der Waals surface area contributed by atoms with E-state index in [4.69, 9.17) is 23.2 Å². The minimum Gasteiger partial charge on any atom is -0.318 e. The molecule has 11 heteroatoms. The fourth-order valence-corrected chi connectivity index (χ4v) is 4.40. The maximum atomic E-state index is 12.7. The molecular formula is C18H13Cl2F3N4OS. The van der Waals surface area contributed by atoms with E-state index in [0.717, 1.165) is 17.5 Å². The molecule has 2 aromatic heterocycles. The highest BCUT2D eigenvalue weighted by Crippen LogP contribution is 2.43. The molecule has 152 valence electrons. The first-order valence-electron chi connectivity index (χ1n) is 8.56. The van der Waals surface area contributed by atoms with E-state index in [1.165, 1.54) is 17.5 Å². The zero-order valence-electron chi connectivity index (χ0n) is 14.6. The van der Waals surface area contributed by atoms with Crippen LogP contribution < -0.4 is 5.32 Å². The summed E-state index contributed by atoms with van der Waals surface area (Å²) in [6.07, 6.45) is -1.53. The van der Waals surface area contributed by atoms with Crippen molar-refractivity contribution in [1.29, 1.82) is 0 Å². The third-order valence-corrected chi connectivity index (χ3v) is 5.75. The van der Waals surface area contributed by atoms with Crippen molar-refractivity contribution in [1.82, 2.24) is 14.8 Å². The molecule has 1 aliphatic carbocycles. The summed E-state index contributed by atoms with van der Waals surface area (Å²) in [5.74, 6) is -0.475. The van der Waals surface area contributed by atoms with Gasteiger partial charge in [0.15, 0.2) is 0 Å². The predicted molar refractivity (Wildman–Crippen MR) is 106 cm³/mol. The van der Waals surface area contributed by atoms with Gasteiger partial charge >= 0.3 is 6.18 Å². The molecule has 5 nitrogen and oxygen atoms in total. The van der Waals surface area contributed by atoms with Crippen LogP contribution in [0.2, 0.25) is 10.0 Å². The van der Waals surface area contributed by atoms with Gasteiger partial charge in [-0.3, -0.25) is 9.48 Å². The van der Waals surface area contributed by atoms with Gasteiger partial charge in [0.05, 0.1) is 21.4 Å². The molecule has 2 heterocycles. The van der Waals surface area contributed by atoms with Gasteiger partial charge in [0.1, 0.15) is 17.2 Å². The van der Waals surface area contributed by atoms with E-state index >= 15 is 0 Å². The fourth-order valence-electron chi connectivity index (χ4n) is 2.84. The first-order valence-corrected chi connectivity index (χ1v) is 10.2. The van der Waals surface area contributed by atoms with Crippen LogP contribution in [-0.4, -0.2) is 26.8 Å². The Morgan fingerprint density at radius 3 is 2.59 bits per heavy atom. The Labute approximate surface area is 177 Å². The van der Waals surface area contributed by atoms with Crippen LogP contribution in [0.15, 0.2) is 29.8 Å². The van der Waals surface area contributed by atoms with Gasteiger partial charge in [0.2, 0.25) is 0 Å².